The van der Waals surface area contributed by atoms with Crippen LogP contribution in [0.1, 0.15) is 32.5 Å². The van der Waals surface area contributed by atoms with Crippen molar-refractivity contribution in [1.29, 1.82) is 0 Å². The number of nitrogens with one attached hydrogen (secondary N) is 2. The van der Waals surface area contributed by atoms with Crippen LogP contribution in [-0.4, -0.2) is 63.8 Å². The number of hydrogen-bond acceptors (Lipinski definition) is 6. The van der Waals surface area contributed by atoms with Gasteiger partial charge < -0.3 is 15.7 Å². The van der Waals surface area contributed by atoms with E-state index in [1.54, 1.807) is 10.6 Å². The Kier molecular flexibility index (Phi) is 6.47. The highest BCUT2D eigenvalue weighted by molar-refractivity contribution is 6.18. The highest BCUT2D eigenvalue weighted by Crippen LogP contribution is 2.46. The molecule has 0 amide bonds. The Bertz CT molecular complexity index is 816. The first-order valence-corrected chi connectivity index (χ1v) is 8.57. The monoisotopic (exact) mass is 463 g/mol. The SMILES string of the molecule is [B][C@@]1(O)C(F)=C(c2nc(N[C@H](C)C(F)(F)F)nc(N[C@H](C)C(F)(F)F)n2)CCC1(F)F. The molecule has 3 N–H and O–H groups in total. The van der Waals surface area contributed by atoms with Gasteiger partial charge in [0.25, 0.3) is 5.92 Å². The fourth-order valence-corrected chi connectivity index (χ4v) is 2.37. The highest BCUT2D eigenvalue weighted by Gasteiger charge is 2.55. The number of anilines is 2. The van der Waals surface area contributed by atoms with Crippen molar-refractivity contribution in [2.75, 3.05) is 10.6 Å². The van der Waals surface area contributed by atoms with Gasteiger partial charge in [-0.25, -0.2) is 13.2 Å². The van der Waals surface area contributed by atoms with Crippen molar-refractivity contribution < 1.29 is 44.6 Å². The molecule has 172 valence electrons. The van der Waals surface area contributed by atoms with Crippen LogP contribution in [0.2, 0.25) is 0 Å². The number of rotatable bonds is 5. The van der Waals surface area contributed by atoms with Crippen molar-refractivity contribution in [3.8, 4) is 0 Å². The standard InChI is InChI=1S/C15H15BF9N5O/c1-5(14(20,21)22)26-10-28-9(29-11(30-10)27-6(2)15(23,24)25)7-3-4-12(18,19)13(16,31)8(7)17/h5-6,31H,3-4H2,1-2H3,(H2,26,27,28,29,30)/t5-,6-,13-/m1/s1. The maximum atomic E-state index is 14.5. The maximum Gasteiger partial charge on any atom is 0.408 e. The van der Waals surface area contributed by atoms with E-state index in [4.69, 9.17) is 7.85 Å². The molecule has 31 heavy (non-hydrogen) atoms. The largest absolute Gasteiger partial charge is 0.408 e. The summed E-state index contributed by atoms with van der Waals surface area (Å²) in [6.07, 6.45) is -11.6. The normalized spacial score (nSPS) is 24.0. The summed E-state index contributed by atoms with van der Waals surface area (Å²) >= 11 is 0. The lowest BCUT2D eigenvalue weighted by Gasteiger charge is -2.36. The van der Waals surface area contributed by atoms with E-state index in [1.165, 1.54) is 0 Å². The summed E-state index contributed by atoms with van der Waals surface area (Å²) in [4.78, 5) is 10.4. The van der Waals surface area contributed by atoms with E-state index in [1.807, 2.05) is 0 Å². The van der Waals surface area contributed by atoms with E-state index < -0.39 is 77.8 Å². The second kappa shape index (κ2) is 8.02. The minimum Gasteiger partial charge on any atom is -0.387 e. The van der Waals surface area contributed by atoms with Crippen LogP contribution in [0, 0.1) is 0 Å². The lowest BCUT2D eigenvalue weighted by atomic mass is 9.68. The van der Waals surface area contributed by atoms with Gasteiger partial charge in [0, 0.05) is 12.0 Å². The molecule has 3 atom stereocenters. The van der Waals surface area contributed by atoms with E-state index in [-0.39, 0.29) is 0 Å². The topological polar surface area (TPSA) is 83.0 Å². The Morgan fingerprint density at radius 2 is 1.35 bits per heavy atom. The van der Waals surface area contributed by atoms with Gasteiger partial charge in [0.05, 0.1) is 0 Å². The smallest absolute Gasteiger partial charge is 0.387 e. The number of allylic oxidation sites excluding steroid dienone is 1. The summed E-state index contributed by atoms with van der Waals surface area (Å²) in [7, 11) is 4.95. The summed E-state index contributed by atoms with van der Waals surface area (Å²) in [5, 5.41) is 13.2. The molecule has 2 radical (unpaired) electrons. The van der Waals surface area contributed by atoms with E-state index >= 15 is 0 Å². The van der Waals surface area contributed by atoms with Crippen LogP contribution >= 0.6 is 0 Å². The van der Waals surface area contributed by atoms with Crippen LogP contribution in [0.4, 0.5) is 51.4 Å². The summed E-state index contributed by atoms with van der Waals surface area (Å²) < 4.78 is 119. The molecule has 0 aliphatic heterocycles. The summed E-state index contributed by atoms with van der Waals surface area (Å²) in [6, 6.07) is -4.56. The predicted octanol–water partition coefficient (Wildman–Crippen LogP) is 3.56. The van der Waals surface area contributed by atoms with Crippen LogP contribution < -0.4 is 10.6 Å². The van der Waals surface area contributed by atoms with Gasteiger partial charge in [0.1, 0.15) is 31.3 Å². The van der Waals surface area contributed by atoms with Crippen LogP contribution in [0.15, 0.2) is 5.83 Å². The van der Waals surface area contributed by atoms with Crippen molar-refractivity contribution in [3.05, 3.63) is 11.7 Å². The maximum absolute atomic E-state index is 14.5. The van der Waals surface area contributed by atoms with Crippen LogP contribution in [0.25, 0.3) is 5.57 Å². The molecule has 1 aliphatic carbocycles. The zero-order chi connectivity index (χ0) is 24.0. The first-order valence-electron chi connectivity index (χ1n) is 8.57. The number of halogens is 9. The highest BCUT2D eigenvalue weighted by atomic mass is 19.4. The fourth-order valence-electron chi connectivity index (χ4n) is 2.37. The molecule has 0 saturated heterocycles. The van der Waals surface area contributed by atoms with Gasteiger partial charge in [-0.15, -0.1) is 0 Å². The van der Waals surface area contributed by atoms with Gasteiger partial charge >= 0.3 is 12.4 Å². The Balaban J connectivity index is 2.56. The second-order valence-electron chi connectivity index (χ2n) is 6.88. The van der Waals surface area contributed by atoms with Gasteiger partial charge in [0.2, 0.25) is 11.9 Å². The van der Waals surface area contributed by atoms with Gasteiger partial charge in [-0.3, -0.25) is 0 Å². The zero-order valence-corrected chi connectivity index (χ0v) is 15.8. The molecule has 1 aromatic heterocycles. The predicted molar refractivity (Wildman–Crippen MR) is 91.0 cm³/mol. The molecule has 1 aromatic rings. The van der Waals surface area contributed by atoms with Crippen molar-refractivity contribution >= 4 is 25.3 Å². The van der Waals surface area contributed by atoms with Gasteiger partial charge in [-0.05, 0) is 20.3 Å². The summed E-state index contributed by atoms with van der Waals surface area (Å²) in [6.45, 7) is 1.29. The van der Waals surface area contributed by atoms with Crippen LogP contribution in [0.3, 0.4) is 0 Å². The Hall–Kier alpha value is -2.26. The number of aromatic nitrogens is 3. The number of alkyl halides is 8. The third kappa shape index (κ3) is 5.33. The molecule has 0 fully saturated rings. The second-order valence-corrected chi connectivity index (χ2v) is 6.88. The minimum absolute atomic E-state index is 0.647. The fraction of sp³-hybridized carbons (Fsp3) is 0.667. The third-order valence-corrected chi connectivity index (χ3v) is 4.42. The molecule has 0 unspecified atom stereocenters. The minimum atomic E-state index is -4.81. The number of nitrogens with zero attached hydrogens (tertiary/aromatic N) is 3. The molecule has 16 heteroatoms. The molecule has 1 aliphatic rings. The molecule has 0 aromatic carbocycles. The Morgan fingerprint density at radius 3 is 1.74 bits per heavy atom. The van der Waals surface area contributed by atoms with Crippen molar-refractivity contribution in [2.24, 2.45) is 0 Å². The molecule has 0 saturated carbocycles. The van der Waals surface area contributed by atoms with E-state index in [0.29, 0.717) is 13.8 Å². The Morgan fingerprint density at radius 1 is 0.935 bits per heavy atom. The summed E-state index contributed by atoms with van der Waals surface area (Å²) in [5.74, 6) is -8.76. The van der Waals surface area contributed by atoms with Crippen molar-refractivity contribution in [1.82, 2.24) is 15.0 Å². The number of hydrogen-bond donors (Lipinski definition) is 3. The lowest BCUT2D eigenvalue weighted by molar-refractivity contribution is -0.139. The van der Waals surface area contributed by atoms with Gasteiger partial charge in [-0.2, -0.15) is 41.3 Å². The average Bonchev–Trinajstić information content (AvgIpc) is 2.58. The molecule has 2 rings (SSSR count). The first-order chi connectivity index (χ1) is 13.9. The molecule has 1 heterocycles. The van der Waals surface area contributed by atoms with Crippen LogP contribution in [0.5, 0.6) is 0 Å². The zero-order valence-electron chi connectivity index (χ0n) is 15.8. The Labute approximate surface area is 170 Å². The number of aliphatic hydroxyl groups is 1. The first kappa shape index (κ1) is 25.0. The molecule has 6 nitrogen and oxygen atoms in total. The summed E-state index contributed by atoms with van der Waals surface area (Å²) in [5.41, 5.74) is -4.59. The van der Waals surface area contributed by atoms with Gasteiger partial charge in [0.15, 0.2) is 5.82 Å². The van der Waals surface area contributed by atoms with Crippen molar-refractivity contribution in [2.45, 2.75) is 62.5 Å². The van der Waals surface area contributed by atoms with E-state index in [0.717, 1.165) is 0 Å². The molecule has 0 bridgehead atoms. The molecule has 0 spiro atoms. The van der Waals surface area contributed by atoms with Gasteiger partial charge in [-0.1, -0.05) is 0 Å². The van der Waals surface area contributed by atoms with E-state index in [2.05, 4.69) is 15.0 Å². The van der Waals surface area contributed by atoms with Crippen molar-refractivity contribution in [3.63, 3.8) is 0 Å². The lowest BCUT2D eigenvalue weighted by Crippen LogP contribution is -2.51. The average molecular weight is 463 g/mol. The third-order valence-electron chi connectivity index (χ3n) is 4.42. The van der Waals surface area contributed by atoms with Crippen LogP contribution in [-0.2, 0) is 0 Å². The quantitative estimate of drug-likeness (QED) is 0.458. The molecular weight excluding hydrogens is 448 g/mol. The molecular formula is C15H15BF9N5O. The van der Waals surface area contributed by atoms with E-state index in [9.17, 15) is 44.6 Å².